The standard InChI is InChI=1S/C13H8ClN5S/c14-9-3-1-2-7-10(5-20-11(7)9)19-13-8(4-18-19)12(15)16-6-17-13/h1-6H,(H2,15,16,17). The monoisotopic (exact) mass is 301 g/mol. The maximum atomic E-state index is 6.21. The molecular weight excluding hydrogens is 294 g/mol. The predicted octanol–water partition coefficient (Wildman–Crippen LogP) is 3.27. The van der Waals surface area contributed by atoms with Crippen molar-refractivity contribution in [2.24, 2.45) is 0 Å². The van der Waals surface area contributed by atoms with Crippen molar-refractivity contribution >= 4 is 49.9 Å². The van der Waals surface area contributed by atoms with Crippen molar-refractivity contribution in [3.8, 4) is 5.69 Å². The third kappa shape index (κ3) is 1.52. The summed E-state index contributed by atoms with van der Waals surface area (Å²) in [5, 5.41) is 8.92. The first-order valence-corrected chi connectivity index (χ1v) is 7.12. The summed E-state index contributed by atoms with van der Waals surface area (Å²) < 4.78 is 2.80. The van der Waals surface area contributed by atoms with Crippen LogP contribution >= 0.6 is 22.9 Å². The van der Waals surface area contributed by atoms with Crippen LogP contribution in [0.25, 0.3) is 26.8 Å². The summed E-state index contributed by atoms with van der Waals surface area (Å²) >= 11 is 7.79. The van der Waals surface area contributed by atoms with E-state index in [0.29, 0.717) is 11.5 Å². The van der Waals surface area contributed by atoms with E-state index >= 15 is 0 Å². The van der Waals surface area contributed by atoms with Crippen LogP contribution in [0.3, 0.4) is 0 Å². The summed E-state index contributed by atoms with van der Waals surface area (Å²) in [5.74, 6) is 0.429. The number of rotatable bonds is 1. The Morgan fingerprint density at radius 3 is 3.00 bits per heavy atom. The molecule has 4 rings (SSSR count). The lowest BCUT2D eigenvalue weighted by atomic mass is 10.2. The normalized spacial score (nSPS) is 11.4. The SMILES string of the molecule is Nc1ncnc2c1cnn2-c1csc2c(Cl)cccc12. The molecule has 0 atom stereocenters. The average Bonchev–Trinajstić information content (AvgIpc) is 3.03. The van der Waals surface area contributed by atoms with Gasteiger partial charge in [0.1, 0.15) is 12.1 Å². The summed E-state index contributed by atoms with van der Waals surface area (Å²) in [4.78, 5) is 8.24. The quantitative estimate of drug-likeness (QED) is 0.586. The fourth-order valence-electron chi connectivity index (χ4n) is 2.21. The molecule has 5 nitrogen and oxygen atoms in total. The van der Waals surface area contributed by atoms with E-state index in [9.17, 15) is 0 Å². The van der Waals surface area contributed by atoms with Gasteiger partial charge < -0.3 is 5.73 Å². The second-order valence-corrected chi connectivity index (χ2v) is 5.58. The number of hydrogen-bond acceptors (Lipinski definition) is 5. The van der Waals surface area contributed by atoms with Crippen LogP contribution in [0.15, 0.2) is 36.1 Å². The Labute approximate surface area is 122 Å². The van der Waals surface area contributed by atoms with Gasteiger partial charge in [-0.05, 0) is 6.07 Å². The molecule has 3 aromatic heterocycles. The number of anilines is 1. The molecule has 0 radical (unpaired) electrons. The molecule has 0 aliphatic heterocycles. The molecule has 0 aliphatic rings. The Bertz CT molecular complexity index is 864. The summed E-state index contributed by atoms with van der Waals surface area (Å²) in [5.41, 5.74) is 7.47. The molecule has 0 saturated carbocycles. The third-order valence-electron chi connectivity index (χ3n) is 3.16. The van der Waals surface area contributed by atoms with Crippen LogP contribution < -0.4 is 5.73 Å². The first-order chi connectivity index (χ1) is 9.75. The third-order valence-corrected chi connectivity index (χ3v) is 4.60. The van der Waals surface area contributed by atoms with Crippen LogP contribution in [0.4, 0.5) is 5.82 Å². The minimum atomic E-state index is 0.429. The van der Waals surface area contributed by atoms with E-state index in [4.69, 9.17) is 17.3 Å². The number of nitrogen functional groups attached to an aromatic ring is 1. The van der Waals surface area contributed by atoms with E-state index < -0.39 is 0 Å². The van der Waals surface area contributed by atoms with Crippen molar-refractivity contribution in [2.75, 3.05) is 5.73 Å². The zero-order valence-corrected chi connectivity index (χ0v) is 11.7. The van der Waals surface area contributed by atoms with Crippen molar-refractivity contribution in [3.63, 3.8) is 0 Å². The maximum Gasteiger partial charge on any atom is 0.168 e. The Morgan fingerprint density at radius 1 is 1.20 bits per heavy atom. The summed E-state index contributed by atoms with van der Waals surface area (Å²) in [7, 11) is 0. The molecule has 7 heteroatoms. The number of benzene rings is 1. The zero-order chi connectivity index (χ0) is 13.7. The molecule has 0 fully saturated rings. The average molecular weight is 302 g/mol. The van der Waals surface area contributed by atoms with Gasteiger partial charge in [0.05, 0.1) is 27.0 Å². The number of nitrogens with two attached hydrogens (primary N) is 1. The molecule has 98 valence electrons. The minimum absolute atomic E-state index is 0.429. The molecule has 0 aliphatic carbocycles. The van der Waals surface area contributed by atoms with Gasteiger partial charge in [-0.3, -0.25) is 0 Å². The van der Waals surface area contributed by atoms with Crippen LogP contribution in [0.1, 0.15) is 0 Å². The van der Waals surface area contributed by atoms with Gasteiger partial charge in [0.25, 0.3) is 0 Å². The predicted molar refractivity (Wildman–Crippen MR) is 81.5 cm³/mol. The van der Waals surface area contributed by atoms with E-state index in [2.05, 4.69) is 15.1 Å². The lowest BCUT2D eigenvalue weighted by Gasteiger charge is -2.01. The summed E-state index contributed by atoms with van der Waals surface area (Å²) in [6.45, 7) is 0. The van der Waals surface area contributed by atoms with E-state index in [1.54, 1.807) is 22.2 Å². The highest BCUT2D eigenvalue weighted by Gasteiger charge is 2.13. The summed E-state index contributed by atoms with van der Waals surface area (Å²) in [6, 6.07) is 5.83. The molecule has 0 spiro atoms. The topological polar surface area (TPSA) is 69.6 Å². The Kier molecular flexibility index (Phi) is 2.42. The highest BCUT2D eigenvalue weighted by molar-refractivity contribution is 7.18. The second kappa shape index (κ2) is 4.16. The molecule has 0 unspecified atom stereocenters. The Balaban J connectivity index is 2.07. The smallest absolute Gasteiger partial charge is 0.168 e. The van der Waals surface area contributed by atoms with Crippen molar-refractivity contribution in [3.05, 3.63) is 41.1 Å². The summed E-state index contributed by atoms with van der Waals surface area (Å²) in [6.07, 6.45) is 3.12. The number of halogens is 1. The van der Waals surface area contributed by atoms with E-state index in [1.165, 1.54) is 6.33 Å². The number of nitrogens with zero attached hydrogens (tertiary/aromatic N) is 4. The zero-order valence-electron chi connectivity index (χ0n) is 10.1. The first kappa shape index (κ1) is 11.6. The van der Waals surface area contributed by atoms with Gasteiger partial charge in [-0.15, -0.1) is 11.3 Å². The van der Waals surface area contributed by atoms with Gasteiger partial charge in [-0.25, -0.2) is 14.6 Å². The van der Waals surface area contributed by atoms with Crippen LogP contribution in [0.5, 0.6) is 0 Å². The van der Waals surface area contributed by atoms with Crippen molar-refractivity contribution in [1.29, 1.82) is 0 Å². The van der Waals surface area contributed by atoms with Crippen LogP contribution in [-0.4, -0.2) is 19.7 Å². The Morgan fingerprint density at radius 2 is 2.10 bits per heavy atom. The fraction of sp³-hybridized carbons (Fsp3) is 0. The van der Waals surface area contributed by atoms with E-state index in [-0.39, 0.29) is 0 Å². The molecule has 0 amide bonds. The fourth-order valence-corrected chi connectivity index (χ4v) is 3.46. The lowest BCUT2D eigenvalue weighted by molar-refractivity contribution is 0.905. The van der Waals surface area contributed by atoms with Crippen LogP contribution in [0.2, 0.25) is 5.02 Å². The number of thiophene rings is 1. The van der Waals surface area contributed by atoms with E-state index in [1.807, 2.05) is 23.6 Å². The largest absolute Gasteiger partial charge is 0.383 e. The van der Waals surface area contributed by atoms with Crippen LogP contribution in [0, 0.1) is 0 Å². The molecule has 2 N–H and O–H groups in total. The van der Waals surface area contributed by atoms with Gasteiger partial charge in [0, 0.05) is 10.8 Å². The minimum Gasteiger partial charge on any atom is -0.383 e. The van der Waals surface area contributed by atoms with Gasteiger partial charge >= 0.3 is 0 Å². The number of hydrogen-bond donors (Lipinski definition) is 1. The molecular formula is C13H8ClN5S. The van der Waals surface area contributed by atoms with Crippen molar-refractivity contribution < 1.29 is 0 Å². The lowest BCUT2D eigenvalue weighted by Crippen LogP contribution is -1.98. The van der Waals surface area contributed by atoms with Gasteiger partial charge in [-0.1, -0.05) is 23.7 Å². The van der Waals surface area contributed by atoms with Gasteiger partial charge in [0.15, 0.2) is 5.65 Å². The number of aromatic nitrogens is 4. The molecule has 4 aromatic rings. The number of fused-ring (bicyclic) bond motifs is 2. The van der Waals surface area contributed by atoms with Gasteiger partial charge in [0.2, 0.25) is 0 Å². The molecule has 3 heterocycles. The van der Waals surface area contributed by atoms with Crippen molar-refractivity contribution in [2.45, 2.75) is 0 Å². The van der Waals surface area contributed by atoms with Crippen LogP contribution in [-0.2, 0) is 0 Å². The van der Waals surface area contributed by atoms with Gasteiger partial charge in [-0.2, -0.15) is 5.10 Å². The molecule has 0 bridgehead atoms. The first-order valence-electron chi connectivity index (χ1n) is 5.86. The molecule has 0 saturated heterocycles. The highest BCUT2D eigenvalue weighted by atomic mass is 35.5. The Hall–Kier alpha value is -2.18. The molecule has 1 aromatic carbocycles. The van der Waals surface area contributed by atoms with Crippen molar-refractivity contribution in [1.82, 2.24) is 19.7 Å². The van der Waals surface area contributed by atoms with E-state index in [0.717, 1.165) is 26.2 Å². The second-order valence-electron chi connectivity index (χ2n) is 4.29. The molecule has 20 heavy (non-hydrogen) atoms. The highest BCUT2D eigenvalue weighted by Crippen LogP contribution is 2.34. The maximum absolute atomic E-state index is 6.21.